The molecule has 6 heterocycles. The number of halogens is 3. The van der Waals surface area contributed by atoms with Gasteiger partial charge in [-0.15, -0.1) is 0 Å². The zero-order chi connectivity index (χ0) is 29.3. The van der Waals surface area contributed by atoms with Crippen LogP contribution in [-0.2, 0) is 0 Å². The van der Waals surface area contributed by atoms with Gasteiger partial charge in [0.1, 0.15) is 41.0 Å². The number of ether oxygens (including phenoxy) is 2. The van der Waals surface area contributed by atoms with Crippen LogP contribution in [0.15, 0.2) is 30.3 Å². The van der Waals surface area contributed by atoms with Crippen LogP contribution in [0.25, 0.3) is 32.9 Å². The summed E-state index contributed by atoms with van der Waals surface area (Å²) in [5, 5.41) is 5.19. The fraction of sp³-hybridized carbons (Fsp3) is 0.469. The number of nitrogens with zero attached hydrogens (tertiary/aromatic N) is 5. The molecule has 43 heavy (non-hydrogen) atoms. The molecule has 3 atom stereocenters. The smallest absolute Gasteiger partial charge is 0.319 e. The average Bonchev–Trinajstić information content (AvgIpc) is 3.53. The van der Waals surface area contributed by atoms with Crippen molar-refractivity contribution in [2.45, 2.75) is 50.4 Å². The maximum absolute atomic E-state index is 16.8. The third-order valence-electron chi connectivity index (χ3n) is 9.75. The molecule has 4 aromatic rings. The number of alkyl halides is 1. The zero-order valence-corrected chi connectivity index (χ0v) is 24.0. The van der Waals surface area contributed by atoms with Crippen LogP contribution in [0.5, 0.6) is 11.9 Å². The number of hydrogen-bond donors (Lipinski definition) is 1. The molecule has 8 nitrogen and oxygen atoms in total. The number of rotatable bonds is 4. The number of benzene rings is 2. The van der Waals surface area contributed by atoms with Gasteiger partial charge in [-0.25, -0.2) is 18.2 Å². The molecule has 3 fully saturated rings. The van der Waals surface area contributed by atoms with Crippen molar-refractivity contribution in [2.75, 3.05) is 50.8 Å². The first kappa shape index (κ1) is 26.9. The van der Waals surface area contributed by atoms with Gasteiger partial charge in [0.15, 0.2) is 5.82 Å². The van der Waals surface area contributed by atoms with Crippen LogP contribution in [0.2, 0.25) is 0 Å². The fourth-order valence-electron chi connectivity index (χ4n) is 7.63. The largest absolute Gasteiger partial charge is 0.477 e. The molecular formula is C32H33F3N6O2. The molecule has 3 saturated heterocycles. The first-order chi connectivity index (χ1) is 20.9. The molecular weight excluding hydrogens is 557 g/mol. The summed E-state index contributed by atoms with van der Waals surface area (Å²) >= 11 is 0. The van der Waals surface area contributed by atoms with Gasteiger partial charge in [0.2, 0.25) is 5.88 Å². The number of aromatic nitrogens is 3. The van der Waals surface area contributed by atoms with Gasteiger partial charge in [-0.1, -0.05) is 24.3 Å². The molecule has 0 bridgehead atoms. The number of aryl methyl sites for hydroxylation is 1. The van der Waals surface area contributed by atoms with Gasteiger partial charge < -0.3 is 19.7 Å². The summed E-state index contributed by atoms with van der Waals surface area (Å²) < 4.78 is 58.5. The molecule has 4 aliphatic rings. The lowest BCUT2D eigenvalue weighted by Crippen LogP contribution is -2.52. The van der Waals surface area contributed by atoms with E-state index in [-0.39, 0.29) is 41.6 Å². The number of pyridine rings is 1. The highest BCUT2D eigenvalue weighted by Crippen LogP contribution is 2.43. The summed E-state index contributed by atoms with van der Waals surface area (Å²) in [5.41, 5.74) is 0.546. The van der Waals surface area contributed by atoms with Crippen molar-refractivity contribution in [3.8, 4) is 23.1 Å². The van der Waals surface area contributed by atoms with E-state index in [1.165, 1.54) is 6.07 Å². The van der Waals surface area contributed by atoms with E-state index in [1.807, 2.05) is 12.1 Å². The van der Waals surface area contributed by atoms with Crippen LogP contribution >= 0.6 is 0 Å². The summed E-state index contributed by atoms with van der Waals surface area (Å²) in [4.78, 5) is 18.5. The summed E-state index contributed by atoms with van der Waals surface area (Å²) in [6.07, 6.45) is 2.06. The highest BCUT2D eigenvalue weighted by atomic mass is 19.1. The Kier molecular flexibility index (Phi) is 6.38. The Morgan fingerprint density at radius 3 is 2.93 bits per heavy atom. The minimum Gasteiger partial charge on any atom is -0.477 e. The standard InChI is InChI=1S/C32H33F3N6O2/c1-18-23(34)7-6-19-4-2-5-22(24(18)19)27-26(35)28-25-29(41-12-10-36-15-21(41)8-13-42-30(25)37-27)39-31(38-28)43-17-32-9-3-11-40(32)16-20(33)14-32/h2,4-7,20-21,36H,3,8-17H2,1H3/t20-,21-,32+/m1/s1. The van der Waals surface area contributed by atoms with Crippen LogP contribution in [0, 0.1) is 18.6 Å². The maximum Gasteiger partial charge on any atom is 0.319 e. The molecule has 0 saturated carbocycles. The Bertz CT molecular complexity index is 1750. The van der Waals surface area contributed by atoms with Crippen molar-refractivity contribution < 1.29 is 22.6 Å². The predicted octanol–water partition coefficient (Wildman–Crippen LogP) is 4.95. The van der Waals surface area contributed by atoms with E-state index in [1.54, 1.807) is 19.1 Å². The SMILES string of the molecule is Cc1c(F)ccc2cccc(-c3nc4c5c(nc(OC[C@@]67CCCN6C[C@H](F)C7)nc5c3F)N3CCNC[C@H]3CCO4)c12. The van der Waals surface area contributed by atoms with Gasteiger partial charge in [-0.05, 0) is 48.7 Å². The van der Waals surface area contributed by atoms with Crippen molar-refractivity contribution in [3.05, 3.63) is 47.5 Å². The maximum atomic E-state index is 16.8. The fourth-order valence-corrected chi connectivity index (χ4v) is 7.63. The second-order valence-electron chi connectivity index (χ2n) is 12.3. The van der Waals surface area contributed by atoms with Gasteiger partial charge in [-0.2, -0.15) is 9.97 Å². The Morgan fingerprint density at radius 1 is 1.12 bits per heavy atom. The Hall–Kier alpha value is -3.70. The lowest BCUT2D eigenvalue weighted by Gasteiger charge is -2.39. The lowest BCUT2D eigenvalue weighted by atomic mass is 9.95. The average molecular weight is 591 g/mol. The normalized spacial score (nSPS) is 25.3. The van der Waals surface area contributed by atoms with Gasteiger partial charge in [0, 0.05) is 50.6 Å². The van der Waals surface area contributed by atoms with Crippen LogP contribution in [0.3, 0.4) is 0 Å². The van der Waals surface area contributed by atoms with Crippen molar-refractivity contribution in [1.82, 2.24) is 25.2 Å². The molecule has 1 N–H and O–H groups in total. The zero-order valence-electron chi connectivity index (χ0n) is 24.0. The molecule has 0 aliphatic carbocycles. The summed E-state index contributed by atoms with van der Waals surface area (Å²) in [5.74, 6) is -0.257. The third-order valence-corrected chi connectivity index (χ3v) is 9.75. The predicted molar refractivity (Wildman–Crippen MR) is 158 cm³/mol. The summed E-state index contributed by atoms with van der Waals surface area (Å²) in [6.45, 7) is 5.71. The topological polar surface area (TPSA) is 75.6 Å². The van der Waals surface area contributed by atoms with Crippen LogP contribution in [-0.4, -0.2) is 83.5 Å². The van der Waals surface area contributed by atoms with Gasteiger partial charge in [-0.3, -0.25) is 4.90 Å². The van der Waals surface area contributed by atoms with E-state index >= 15 is 4.39 Å². The highest BCUT2D eigenvalue weighted by molar-refractivity contribution is 6.02. The molecule has 2 aromatic carbocycles. The first-order valence-corrected chi connectivity index (χ1v) is 15.1. The quantitative estimate of drug-likeness (QED) is 0.358. The molecule has 11 heteroatoms. The van der Waals surface area contributed by atoms with E-state index < -0.39 is 17.5 Å². The highest BCUT2D eigenvalue weighted by Gasteiger charge is 2.49. The minimum absolute atomic E-state index is 0.0338. The minimum atomic E-state index is -0.892. The molecule has 2 aromatic heterocycles. The number of anilines is 1. The number of nitrogens with one attached hydrogen (secondary N) is 1. The Balaban J connectivity index is 1.32. The van der Waals surface area contributed by atoms with Crippen molar-refractivity contribution >= 4 is 27.5 Å². The molecule has 0 radical (unpaired) electrons. The van der Waals surface area contributed by atoms with Gasteiger partial charge in [0.05, 0.1) is 12.1 Å². The monoisotopic (exact) mass is 590 g/mol. The second-order valence-corrected chi connectivity index (χ2v) is 12.3. The molecule has 0 spiro atoms. The Labute approximate surface area is 247 Å². The summed E-state index contributed by atoms with van der Waals surface area (Å²) in [6, 6.07) is 8.66. The van der Waals surface area contributed by atoms with E-state index in [4.69, 9.17) is 19.4 Å². The third kappa shape index (κ3) is 4.30. The van der Waals surface area contributed by atoms with Crippen molar-refractivity contribution in [1.29, 1.82) is 0 Å². The number of piperazine rings is 1. The summed E-state index contributed by atoms with van der Waals surface area (Å²) in [7, 11) is 0. The Morgan fingerprint density at radius 2 is 2.02 bits per heavy atom. The van der Waals surface area contributed by atoms with Crippen LogP contribution < -0.4 is 19.7 Å². The van der Waals surface area contributed by atoms with Crippen LogP contribution in [0.1, 0.15) is 31.2 Å². The second kappa shape index (κ2) is 10.2. The van der Waals surface area contributed by atoms with E-state index in [0.29, 0.717) is 53.8 Å². The molecule has 8 rings (SSSR count). The molecule has 224 valence electrons. The molecule has 0 unspecified atom stereocenters. The van der Waals surface area contributed by atoms with Gasteiger partial charge in [0.25, 0.3) is 0 Å². The van der Waals surface area contributed by atoms with Crippen molar-refractivity contribution in [2.24, 2.45) is 0 Å². The van der Waals surface area contributed by atoms with E-state index in [2.05, 4.69) is 20.1 Å². The van der Waals surface area contributed by atoms with Crippen LogP contribution in [0.4, 0.5) is 19.0 Å². The van der Waals surface area contributed by atoms with Crippen molar-refractivity contribution in [3.63, 3.8) is 0 Å². The number of fused-ring (bicyclic) bond motifs is 4. The van der Waals surface area contributed by atoms with E-state index in [9.17, 15) is 8.78 Å². The molecule has 0 amide bonds. The number of hydrogen-bond acceptors (Lipinski definition) is 8. The molecule has 4 aliphatic heterocycles. The first-order valence-electron chi connectivity index (χ1n) is 15.1. The van der Waals surface area contributed by atoms with E-state index in [0.717, 1.165) is 44.3 Å². The lowest BCUT2D eigenvalue weighted by molar-refractivity contribution is 0.107. The van der Waals surface area contributed by atoms with Gasteiger partial charge >= 0.3 is 6.01 Å².